The van der Waals surface area contributed by atoms with Crippen molar-refractivity contribution >= 4 is 29.2 Å². The molecule has 2 amide bonds. The van der Waals surface area contributed by atoms with Gasteiger partial charge in [0, 0.05) is 12.8 Å². The number of rotatable bonds is 2. The van der Waals surface area contributed by atoms with Crippen LogP contribution in [0.2, 0.25) is 0 Å². The Bertz CT molecular complexity index is 482. The molecule has 0 radical (unpaired) electrons. The molecule has 2 rings (SSSR count). The Morgan fingerprint density at radius 2 is 1.79 bits per heavy atom. The highest BCUT2D eigenvalue weighted by molar-refractivity contribution is 6.19. The third kappa shape index (κ3) is 4.14. The number of pyridine rings is 1. The van der Waals surface area contributed by atoms with E-state index < -0.39 is 0 Å². The van der Waals surface area contributed by atoms with Crippen molar-refractivity contribution in [3.05, 3.63) is 18.2 Å². The van der Waals surface area contributed by atoms with E-state index in [9.17, 15) is 14.4 Å². The zero-order valence-corrected chi connectivity index (χ0v) is 10.8. The van der Waals surface area contributed by atoms with Gasteiger partial charge in [-0.2, -0.15) is 0 Å². The first-order valence-electron chi connectivity index (χ1n) is 5.72. The first kappa shape index (κ1) is 14.8. The molecule has 1 aliphatic rings. The molecule has 0 bridgehead atoms. The number of ketones is 1. The molecule has 1 aromatic rings. The van der Waals surface area contributed by atoms with Gasteiger partial charge in [0.1, 0.15) is 17.4 Å². The predicted molar refractivity (Wildman–Crippen MR) is 70.1 cm³/mol. The van der Waals surface area contributed by atoms with E-state index in [2.05, 4.69) is 10.4 Å². The number of Topliss-reactive ketones (excluding diaryl/α,β-unsaturated/α-hetero) is 1. The second-order valence-corrected chi connectivity index (χ2v) is 4.06. The Labute approximate surface area is 110 Å². The lowest BCUT2D eigenvalue weighted by Crippen LogP contribution is -2.29. The number of nitrogens with two attached hydrogens (primary N) is 1. The molecule has 102 valence electrons. The van der Waals surface area contributed by atoms with Crippen molar-refractivity contribution in [2.75, 3.05) is 10.3 Å². The second-order valence-electron chi connectivity index (χ2n) is 4.06. The number of amides is 2. The Morgan fingerprint density at radius 3 is 2.26 bits per heavy atom. The predicted octanol–water partition coefficient (Wildman–Crippen LogP) is 0.616. The third-order valence-corrected chi connectivity index (χ3v) is 2.16. The minimum atomic E-state index is -0.221. The van der Waals surface area contributed by atoms with E-state index in [-0.39, 0.29) is 30.4 Å². The third-order valence-electron chi connectivity index (χ3n) is 2.16. The number of nitrogens with one attached hydrogen (secondary N) is 1. The number of hydrogen-bond acceptors (Lipinski definition) is 6. The zero-order chi connectivity index (χ0) is 14.4. The molecule has 0 spiro atoms. The number of nitrogen functional groups attached to an aromatic ring is 1. The van der Waals surface area contributed by atoms with Crippen molar-refractivity contribution in [3.8, 4) is 0 Å². The van der Waals surface area contributed by atoms with Crippen LogP contribution in [0.25, 0.3) is 0 Å². The van der Waals surface area contributed by atoms with Gasteiger partial charge in [-0.1, -0.05) is 6.07 Å². The lowest BCUT2D eigenvalue weighted by atomic mass is 10.4. The van der Waals surface area contributed by atoms with Gasteiger partial charge in [-0.05, 0) is 26.0 Å². The lowest BCUT2D eigenvalue weighted by Gasteiger charge is -2.12. The molecule has 0 saturated carbocycles. The summed E-state index contributed by atoms with van der Waals surface area (Å²) in [7, 11) is 0. The molecular weight excluding hydrogens is 248 g/mol. The van der Waals surface area contributed by atoms with Crippen molar-refractivity contribution in [2.24, 2.45) is 5.84 Å². The molecule has 0 aromatic carbocycles. The van der Waals surface area contributed by atoms with Crippen LogP contribution in [0.4, 0.5) is 11.6 Å². The largest absolute Gasteiger partial charge is 0.308 e. The minimum Gasteiger partial charge on any atom is -0.308 e. The number of anilines is 2. The van der Waals surface area contributed by atoms with Crippen LogP contribution >= 0.6 is 0 Å². The first-order valence-corrected chi connectivity index (χ1v) is 5.72. The van der Waals surface area contributed by atoms with E-state index in [0.717, 1.165) is 4.90 Å². The summed E-state index contributed by atoms with van der Waals surface area (Å²) in [4.78, 5) is 37.3. The standard InChI is InChI=1S/C9H10N4O2.C3H6O/c10-12-6-2-1-3-7(11-6)13-8(14)4-5-9(13)15;1-3(2)4/h1-3H,4-5,10H2,(H,11,12);1-2H3. The van der Waals surface area contributed by atoms with Gasteiger partial charge in [0.2, 0.25) is 11.8 Å². The maximum Gasteiger partial charge on any atom is 0.235 e. The molecule has 3 N–H and O–H groups in total. The smallest absolute Gasteiger partial charge is 0.235 e. The summed E-state index contributed by atoms with van der Waals surface area (Å²) >= 11 is 0. The minimum absolute atomic E-state index is 0.167. The van der Waals surface area contributed by atoms with Crippen LogP contribution in [0.15, 0.2) is 18.2 Å². The maximum absolute atomic E-state index is 11.4. The summed E-state index contributed by atoms with van der Waals surface area (Å²) in [5.41, 5.74) is 2.36. The fourth-order valence-electron chi connectivity index (χ4n) is 1.46. The Balaban J connectivity index is 0.000000399. The van der Waals surface area contributed by atoms with E-state index in [1.807, 2.05) is 0 Å². The van der Waals surface area contributed by atoms with Crippen LogP contribution in [0.3, 0.4) is 0 Å². The quantitative estimate of drug-likeness (QED) is 0.460. The summed E-state index contributed by atoms with van der Waals surface area (Å²) in [6.07, 6.45) is 0.502. The molecule has 0 aliphatic carbocycles. The summed E-state index contributed by atoms with van der Waals surface area (Å²) in [6.45, 7) is 3.06. The Hall–Kier alpha value is -2.28. The number of hydrazine groups is 1. The van der Waals surface area contributed by atoms with E-state index in [4.69, 9.17) is 5.84 Å². The highest BCUT2D eigenvalue weighted by Crippen LogP contribution is 2.21. The molecule has 1 saturated heterocycles. The number of imide groups is 1. The second kappa shape index (κ2) is 6.60. The van der Waals surface area contributed by atoms with Gasteiger partial charge in [0.25, 0.3) is 0 Å². The summed E-state index contributed by atoms with van der Waals surface area (Å²) in [5, 5.41) is 0. The molecule has 7 heteroatoms. The van der Waals surface area contributed by atoms with E-state index in [0.29, 0.717) is 11.6 Å². The van der Waals surface area contributed by atoms with Crippen LogP contribution in [-0.2, 0) is 14.4 Å². The Kier molecular flexibility index (Phi) is 5.13. The normalized spacial score (nSPS) is 13.9. The maximum atomic E-state index is 11.4. The molecule has 0 atom stereocenters. The average Bonchev–Trinajstić information content (AvgIpc) is 2.68. The molecule has 1 fully saturated rings. The average molecular weight is 264 g/mol. The molecule has 1 aliphatic heterocycles. The van der Waals surface area contributed by atoms with Crippen LogP contribution in [0, 0.1) is 0 Å². The van der Waals surface area contributed by atoms with Gasteiger partial charge in [0.15, 0.2) is 0 Å². The number of nitrogens with zero attached hydrogens (tertiary/aromatic N) is 2. The molecule has 19 heavy (non-hydrogen) atoms. The SMILES string of the molecule is CC(C)=O.NNc1cccc(N2C(=O)CCC2=O)n1. The zero-order valence-electron chi connectivity index (χ0n) is 10.8. The van der Waals surface area contributed by atoms with Gasteiger partial charge in [-0.15, -0.1) is 0 Å². The first-order chi connectivity index (χ1) is 8.95. The fraction of sp³-hybridized carbons (Fsp3) is 0.333. The monoisotopic (exact) mass is 264 g/mol. The van der Waals surface area contributed by atoms with Gasteiger partial charge in [0.05, 0.1) is 0 Å². The molecule has 7 nitrogen and oxygen atoms in total. The van der Waals surface area contributed by atoms with Crippen molar-refractivity contribution in [1.29, 1.82) is 0 Å². The summed E-state index contributed by atoms with van der Waals surface area (Å²) in [6, 6.07) is 4.92. The van der Waals surface area contributed by atoms with Crippen molar-refractivity contribution in [3.63, 3.8) is 0 Å². The number of carbonyl (C=O) groups excluding carboxylic acids is 3. The number of hydrogen-bond donors (Lipinski definition) is 2. The molecule has 2 heterocycles. The Morgan fingerprint density at radius 1 is 1.26 bits per heavy atom. The van der Waals surface area contributed by atoms with Gasteiger partial charge in [-0.25, -0.2) is 15.7 Å². The topological polar surface area (TPSA) is 105 Å². The van der Waals surface area contributed by atoms with Gasteiger partial charge < -0.3 is 10.2 Å². The lowest BCUT2D eigenvalue weighted by molar-refractivity contribution is -0.121. The van der Waals surface area contributed by atoms with Crippen molar-refractivity contribution in [1.82, 2.24) is 4.98 Å². The number of carbonyl (C=O) groups is 3. The van der Waals surface area contributed by atoms with Crippen LogP contribution in [-0.4, -0.2) is 22.6 Å². The van der Waals surface area contributed by atoms with E-state index in [1.165, 1.54) is 13.8 Å². The molecule has 0 unspecified atom stereocenters. The van der Waals surface area contributed by atoms with Crippen LogP contribution in [0.1, 0.15) is 26.7 Å². The van der Waals surface area contributed by atoms with Crippen molar-refractivity contribution < 1.29 is 14.4 Å². The summed E-state index contributed by atoms with van der Waals surface area (Å²) in [5.74, 6) is 5.65. The number of aromatic nitrogens is 1. The fourth-order valence-corrected chi connectivity index (χ4v) is 1.46. The summed E-state index contributed by atoms with van der Waals surface area (Å²) < 4.78 is 0. The highest BCUT2D eigenvalue weighted by atomic mass is 16.2. The van der Waals surface area contributed by atoms with Crippen molar-refractivity contribution in [2.45, 2.75) is 26.7 Å². The molecule has 1 aromatic heterocycles. The van der Waals surface area contributed by atoms with Crippen LogP contribution in [0.5, 0.6) is 0 Å². The van der Waals surface area contributed by atoms with Crippen LogP contribution < -0.4 is 16.2 Å². The van der Waals surface area contributed by atoms with E-state index >= 15 is 0 Å². The van der Waals surface area contributed by atoms with E-state index in [1.54, 1.807) is 18.2 Å². The van der Waals surface area contributed by atoms with Gasteiger partial charge >= 0.3 is 0 Å². The highest BCUT2D eigenvalue weighted by Gasteiger charge is 2.31. The molecular formula is C12H16N4O3. The van der Waals surface area contributed by atoms with Gasteiger partial charge in [-0.3, -0.25) is 9.59 Å².